The summed E-state index contributed by atoms with van der Waals surface area (Å²) in [5.41, 5.74) is 1.44. The number of hydrogen-bond donors (Lipinski definition) is 1. The monoisotopic (exact) mass is 328 g/mol. The van der Waals surface area contributed by atoms with Gasteiger partial charge in [-0.25, -0.2) is 4.98 Å². The van der Waals surface area contributed by atoms with Gasteiger partial charge in [-0.15, -0.1) is 23.1 Å². The minimum atomic E-state index is 0.661. The molecule has 1 N–H and O–H groups in total. The second-order valence-corrected chi connectivity index (χ2v) is 9.16. The molecule has 0 bridgehead atoms. The number of aryl methyl sites for hydroxylation is 1. The number of fused-ring (bicyclic) bond motifs is 1. The van der Waals surface area contributed by atoms with Crippen LogP contribution in [0.2, 0.25) is 0 Å². The molecule has 2 aliphatic rings. The van der Waals surface area contributed by atoms with Gasteiger partial charge < -0.3 is 5.32 Å². The maximum atomic E-state index is 5.08. The second kappa shape index (κ2) is 7.52. The maximum absolute atomic E-state index is 5.08. The van der Waals surface area contributed by atoms with Crippen LogP contribution >= 0.6 is 34.9 Å². The molecule has 3 rings (SSSR count). The van der Waals surface area contributed by atoms with Crippen LogP contribution < -0.4 is 5.32 Å². The summed E-state index contributed by atoms with van der Waals surface area (Å²) in [5.74, 6) is 4.53. The number of thioether (sulfide) groups is 2. The Balaban J connectivity index is 1.70. The van der Waals surface area contributed by atoms with Crippen LogP contribution in [0.15, 0.2) is 0 Å². The van der Waals surface area contributed by atoms with Gasteiger partial charge in [0.2, 0.25) is 0 Å². The average molecular weight is 329 g/mol. The van der Waals surface area contributed by atoms with Crippen molar-refractivity contribution in [3.63, 3.8) is 0 Å². The van der Waals surface area contributed by atoms with E-state index in [1.54, 1.807) is 4.88 Å². The van der Waals surface area contributed by atoms with Crippen molar-refractivity contribution < 1.29 is 0 Å². The molecule has 5 heteroatoms. The van der Waals surface area contributed by atoms with Crippen LogP contribution in [-0.4, -0.2) is 35.3 Å². The molecule has 1 fully saturated rings. The summed E-state index contributed by atoms with van der Waals surface area (Å²) >= 11 is 6.22. The van der Waals surface area contributed by atoms with Crippen molar-refractivity contribution in [2.75, 3.05) is 30.3 Å². The van der Waals surface area contributed by atoms with E-state index in [2.05, 4.69) is 35.8 Å². The van der Waals surface area contributed by atoms with E-state index in [0.717, 1.165) is 13.1 Å². The fourth-order valence-electron chi connectivity index (χ4n) is 2.95. The van der Waals surface area contributed by atoms with Crippen molar-refractivity contribution in [1.82, 2.24) is 10.3 Å². The van der Waals surface area contributed by atoms with E-state index in [1.165, 1.54) is 53.6 Å². The van der Waals surface area contributed by atoms with E-state index in [0.29, 0.717) is 11.2 Å². The standard InChI is InChI=1S/C15H24N2S3/c1-2-6-16-9-11-4-3-5-12-14(11)17-15(20-12)13-10-18-7-8-19-13/h11,13,16H,2-10H2,1H3. The van der Waals surface area contributed by atoms with Crippen molar-refractivity contribution in [2.24, 2.45) is 0 Å². The molecule has 1 aromatic rings. The highest BCUT2D eigenvalue weighted by molar-refractivity contribution is 8.06. The van der Waals surface area contributed by atoms with Gasteiger partial charge in [-0.1, -0.05) is 6.92 Å². The summed E-state index contributed by atoms with van der Waals surface area (Å²) in [6.07, 6.45) is 5.15. The van der Waals surface area contributed by atoms with Crippen LogP contribution in [0, 0.1) is 0 Å². The predicted octanol–water partition coefficient (Wildman–Crippen LogP) is 4.08. The van der Waals surface area contributed by atoms with Gasteiger partial charge in [-0.3, -0.25) is 0 Å². The number of nitrogens with zero attached hydrogens (tertiary/aromatic N) is 1. The molecule has 0 saturated carbocycles. The predicted molar refractivity (Wildman–Crippen MR) is 93.5 cm³/mol. The van der Waals surface area contributed by atoms with Gasteiger partial charge in [-0.05, 0) is 32.2 Å². The SMILES string of the molecule is CCCNCC1CCCc2sc(C3CSCCS3)nc21. The van der Waals surface area contributed by atoms with E-state index < -0.39 is 0 Å². The molecule has 1 aliphatic heterocycles. The largest absolute Gasteiger partial charge is 0.316 e. The highest BCUT2D eigenvalue weighted by Crippen LogP contribution is 2.42. The Labute approximate surface area is 134 Å². The molecule has 2 unspecified atom stereocenters. The first-order chi connectivity index (χ1) is 9.88. The van der Waals surface area contributed by atoms with Gasteiger partial charge in [0.25, 0.3) is 0 Å². The van der Waals surface area contributed by atoms with Gasteiger partial charge >= 0.3 is 0 Å². The molecule has 1 aliphatic carbocycles. The van der Waals surface area contributed by atoms with Crippen LogP contribution in [0.3, 0.4) is 0 Å². The zero-order valence-corrected chi connectivity index (χ0v) is 14.6. The van der Waals surface area contributed by atoms with E-state index in [1.807, 2.05) is 11.3 Å². The minimum Gasteiger partial charge on any atom is -0.316 e. The Morgan fingerprint density at radius 1 is 1.35 bits per heavy atom. The van der Waals surface area contributed by atoms with E-state index in [-0.39, 0.29) is 0 Å². The Morgan fingerprint density at radius 3 is 3.10 bits per heavy atom. The topological polar surface area (TPSA) is 24.9 Å². The molecule has 0 spiro atoms. The molecule has 112 valence electrons. The lowest BCUT2D eigenvalue weighted by atomic mass is 9.91. The number of hydrogen-bond acceptors (Lipinski definition) is 5. The van der Waals surface area contributed by atoms with Crippen molar-refractivity contribution in [2.45, 2.75) is 43.8 Å². The lowest BCUT2D eigenvalue weighted by Crippen LogP contribution is -2.24. The average Bonchev–Trinajstić information content (AvgIpc) is 2.93. The molecule has 1 saturated heterocycles. The number of rotatable bonds is 5. The summed E-state index contributed by atoms with van der Waals surface area (Å²) in [5, 5.41) is 5.66. The van der Waals surface area contributed by atoms with Crippen LogP contribution in [0.25, 0.3) is 0 Å². The molecule has 20 heavy (non-hydrogen) atoms. The van der Waals surface area contributed by atoms with E-state index >= 15 is 0 Å². The summed E-state index contributed by atoms with van der Waals surface area (Å²) in [4.78, 5) is 6.67. The molecule has 1 aromatic heterocycles. The van der Waals surface area contributed by atoms with Crippen molar-refractivity contribution in [1.29, 1.82) is 0 Å². The highest BCUT2D eigenvalue weighted by Gasteiger charge is 2.27. The Hall–Kier alpha value is 0.290. The fourth-order valence-corrected chi connectivity index (χ4v) is 7.12. The molecule has 2 atom stereocenters. The molecule has 0 aromatic carbocycles. The first kappa shape index (κ1) is 15.2. The Morgan fingerprint density at radius 2 is 2.30 bits per heavy atom. The molecule has 0 radical (unpaired) electrons. The zero-order valence-electron chi connectivity index (χ0n) is 12.2. The van der Waals surface area contributed by atoms with Gasteiger partial charge in [0.05, 0.1) is 10.9 Å². The number of aromatic nitrogens is 1. The minimum absolute atomic E-state index is 0.661. The number of thiazole rings is 1. The molecular weight excluding hydrogens is 304 g/mol. The van der Waals surface area contributed by atoms with Crippen molar-refractivity contribution >= 4 is 34.9 Å². The first-order valence-electron chi connectivity index (χ1n) is 7.78. The normalized spacial score (nSPS) is 26.4. The lowest BCUT2D eigenvalue weighted by molar-refractivity contribution is 0.501. The number of nitrogens with one attached hydrogen (secondary N) is 1. The third-order valence-electron chi connectivity index (χ3n) is 4.00. The highest BCUT2D eigenvalue weighted by atomic mass is 32.2. The van der Waals surface area contributed by atoms with Gasteiger partial charge in [0.15, 0.2) is 0 Å². The van der Waals surface area contributed by atoms with E-state index in [4.69, 9.17) is 4.98 Å². The third kappa shape index (κ3) is 3.54. The van der Waals surface area contributed by atoms with Crippen LogP contribution in [0.4, 0.5) is 0 Å². The Bertz CT molecular complexity index is 427. The van der Waals surface area contributed by atoms with Crippen LogP contribution in [0.1, 0.15) is 52.9 Å². The molecule has 2 heterocycles. The third-order valence-corrected chi connectivity index (χ3v) is 8.15. The maximum Gasteiger partial charge on any atom is 0.107 e. The quantitative estimate of drug-likeness (QED) is 0.823. The van der Waals surface area contributed by atoms with Gasteiger partial charge in [0.1, 0.15) is 5.01 Å². The molecular formula is C15H24N2S3. The van der Waals surface area contributed by atoms with Crippen LogP contribution in [-0.2, 0) is 6.42 Å². The van der Waals surface area contributed by atoms with Gasteiger partial charge in [0, 0.05) is 34.6 Å². The van der Waals surface area contributed by atoms with Crippen molar-refractivity contribution in [3.05, 3.63) is 15.6 Å². The summed E-state index contributed by atoms with van der Waals surface area (Å²) in [7, 11) is 0. The van der Waals surface area contributed by atoms with E-state index in [9.17, 15) is 0 Å². The van der Waals surface area contributed by atoms with Gasteiger partial charge in [-0.2, -0.15) is 11.8 Å². The Kier molecular flexibility index (Phi) is 5.72. The fraction of sp³-hybridized carbons (Fsp3) is 0.800. The molecule has 0 amide bonds. The summed E-state index contributed by atoms with van der Waals surface area (Å²) in [6.45, 7) is 4.49. The van der Waals surface area contributed by atoms with Crippen LogP contribution in [0.5, 0.6) is 0 Å². The summed E-state index contributed by atoms with van der Waals surface area (Å²) < 4.78 is 0. The van der Waals surface area contributed by atoms with Crippen molar-refractivity contribution in [3.8, 4) is 0 Å². The first-order valence-corrected chi connectivity index (χ1v) is 10.8. The summed E-state index contributed by atoms with van der Waals surface area (Å²) in [6, 6.07) is 0. The molecule has 2 nitrogen and oxygen atoms in total. The lowest BCUT2D eigenvalue weighted by Gasteiger charge is -2.21. The zero-order chi connectivity index (χ0) is 13.8. The smallest absolute Gasteiger partial charge is 0.107 e. The second-order valence-electron chi connectivity index (χ2n) is 5.59.